The zero-order chi connectivity index (χ0) is 13.9. The molecule has 1 aromatic carbocycles. The van der Waals surface area contributed by atoms with Gasteiger partial charge < -0.3 is 5.73 Å². The first kappa shape index (κ1) is 13.2. The molecular formula is C17H23N3. The lowest BCUT2D eigenvalue weighted by molar-refractivity contribution is 0.248. The van der Waals surface area contributed by atoms with Crippen LogP contribution >= 0.6 is 0 Å². The van der Waals surface area contributed by atoms with E-state index in [9.17, 15) is 0 Å². The fourth-order valence-corrected chi connectivity index (χ4v) is 3.24. The van der Waals surface area contributed by atoms with Gasteiger partial charge in [-0.25, -0.2) is 0 Å². The van der Waals surface area contributed by atoms with Gasteiger partial charge in [-0.1, -0.05) is 38.3 Å². The van der Waals surface area contributed by atoms with E-state index < -0.39 is 0 Å². The molecule has 3 rings (SSSR count). The molecule has 0 saturated heterocycles. The van der Waals surface area contributed by atoms with Crippen LogP contribution in [0.15, 0.2) is 36.7 Å². The van der Waals surface area contributed by atoms with Gasteiger partial charge in [-0.15, -0.1) is 0 Å². The molecule has 0 amide bonds. The van der Waals surface area contributed by atoms with E-state index in [2.05, 4.69) is 35.0 Å². The Morgan fingerprint density at radius 2 is 2.00 bits per heavy atom. The Morgan fingerprint density at radius 1 is 1.20 bits per heavy atom. The fourth-order valence-electron chi connectivity index (χ4n) is 3.24. The molecule has 1 fully saturated rings. The monoisotopic (exact) mass is 269 g/mol. The molecule has 1 heterocycles. The minimum atomic E-state index is 0.580. The van der Waals surface area contributed by atoms with Crippen molar-refractivity contribution in [2.75, 3.05) is 5.73 Å². The summed E-state index contributed by atoms with van der Waals surface area (Å²) in [5.74, 6) is 0.873. The molecular weight excluding hydrogens is 246 g/mol. The van der Waals surface area contributed by atoms with Crippen molar-refractivity contribution < 1.29 is 0 Å². The molecule has 3 heteroatoms. The number of benzene rings is 1. The highest BCUT2D eigenvalue weighted by Crippen LogP contribution is 2.34. The molecule has 2 unspecified atom stereocenters. The van der Waals surface area contributed by atoms with Gasteiger partial charge in [0, 0.05) is 17.4 Å². The first-order valence-corrected chi connectivity index (χ1v) is 7.66. The molecule has 1 aromatic heterocycles. The minimum absolute atomic E-state index is 0.580. The van der Waals surface area contributed by atoms with Crippen LogP contribution in [0, 0.1) is 5.92 Å². The number of nitrogen functional groups attached to an aromatic ring is 1. The normalized spacial score (nSPS) is 22.9. The van der Waals surface area contributed by atoms with E-state index in [0.29, 0.717) is 6.04 Å². The summed E-state index contributed by atoms with van der Waals surface area (Å²) in [5.41, 5.74) is 8.91. The Hall–Kier alpha value is -1.77. The molecule has 3 nitrogen and oxygen atoms in total. The molecule has 2 aromatic rings. The van der Waals surface area contributed by atoms with Crippen LogP contribution in [0.1, 0.15) is 45.1 Å². The first-order valence-electron chi connectivity index (χ1n) is 7.66. The van der Waals surface area contributed by atoms with Gasteiger partial charge in [0.1, 0.15) is 0 Å². The van der Waals surface area contributed by atoms with Crippen molar-refractivity contribution in [2.45, 2.75) is 45.1 Å². The van der Waals surface area contributed by atoms with Crippen molar-refractivity contribution in [1.82, 2.24) is 9.78 Å². The van der Waals surface area contributed by atoms with E-state index in [4.69, 9.17) is 5.73 Å². The van der Waals surface area contributed by atoms with E-state index >= 15 is 0 Å². The van der Waals surface area contributed by atoms with Crippen LogP contribution in [-0.4, -0.2) is 9.78 Å². The van der Waals surface area contributed by atoms with Crippen LogP contribution in [0.5, 0.6) is 0 Å². The molecule has 1 aliphatic rings. The predicted molar refractivity (Wildman–Crippen MR) is 83.4 cm³/mol. The average Bonchev–Trinajstić information content (AvgIpc) is 2.98. The molecule has 0 aliphatic heterocycles. The summed E-state index contributed by atoms with van der Waals surface area (Å²) < 4.78 is 2.17. The third-order valence-corrected chi connectivity index (χ3v) is 4.55. The molecule has 20 heavy (non-hydrogen) atoms. The highest BCUT2D eigenvalue weighted by atomic mass is 15.3. The molecule has 106 valence electrons. The molecule has 2 N–H and O–H groups in total. The Kier molecular flexibility index (Phi) is 3.77. The van der Waals surface area contributed by atoms with Crippen LogP contribution in [-0.2, 0) is 0 Å². The SMILES string of the molecule is CCC1CCCC(n2cc(-c3ccc(N)cc3)cn2)C1. The van der Waals surface area contributed by atoms with Crippen molar-refractivity contribution in [1.29, 1.82) is 0 Å². The number of aromatic nitrogens is 2. The Labute approximate surface area is 120 Å². The van der Waals surface area contributed by atoms with Gasteiger partial charge in [-0.05, 0) is 36.5 Å². The lowest BCUT2D eigenvalue weighted by Gasteiger charge is -2.28. The van der Waals surface area contributed by atoms with Gasteiger partial charge in [0.05, 0.1) is 12.2 Å². The Morgan fingerprint density at radius 3 is 2.75 bits per heavy atom. The van der Waals surface area contributed by atoms with Gasteiger partial charge in [0.15, 0.2) is 0 Å². The van der Waals surface area contributed by atoms with Crippen LogP contribution < -0.4 is 5.73 Å². The summed E-state index contributed by atoms with van der Waals surface area (Å²) in [6.45, 7) is 2.30. The van der Waals surface area contributed by atoms with Crippen LogP contribution in [0.25, 0.3) is 11.1 Å². The topological polar surface area (TPSA) is 43.8 Å². The standard InChI is InChI=1S/C17H23N3/c1-2-13-4-3-5-17(10-13)20-12-15(11-19-20)14-6-8-16(18)9-7-14/h6-9,11-13,17H,2-5,10,18H2,1H3. The lowest BCUT2D eigenvalue weighted by atomic mass is 9.84. The number of nitrogens with zero attached hydrogens (tertiary/aromatic N) is 2. The third-order valence-electron chi connectivity index (χ3n) is 4.55. The maximum Gasteiger partial charge on any atom is 0.0568 e. The van der Waals surface area contributed by atoms with Crippen LogP contribution in [0.2, 0.25) is 0 Å². The van der Waals surface area contributed by atoms with E-state index in [1.807, 2.05) is 18.3 Å². The molecule has 1 aliphatic carbocycles. The lowest BCUT2D eigenvalue weighted by Crippen LogP contribution is -2.19. The summed E-state index contributed by atoms with van der Waals surface area (Å²) in [6.07, 6.45) is 10.7. The van der Waals surface area contributed by atoms with Crippen LogP contribution in [0.4, 0.5) is 5.69 Å². The maximum atomic E-state index is 5.74. The van der Waals surface area contributed by atoms with Crippen molar-refractivity contribution >= 4 is 5.69 Å². The minimum Gasteiger partial charge on any atom is -0.399 e. The summed E-state index contributed by atoms with van der Waals surface area (Å²) in [5, 5.41) is 4.59. The van der Waals surface area contributed by atoms with Crippen LogP contribution in [0.3, 0.4) is 0 Å². The second-order valence-electron chi connectivity index (χ2n) is 5.93. The highest BCUT2D eigenvalue weighted by Gasteiger charge is 2.22. The van der Waals surface area contributed by atoms with Gasteiger partial charge in [0.2, 0.25) is 0 Å². The van der Waals surface area contributed by atoms with Gasteiger partial charge in [-0.3, -0.25) is 4.68 Å². The van der Waals surface area contributed by atoms with E-state index in [0.717, 1.165) is 11.6 Å². The molecule has 2 atom stereocenters. The smallest absolute Gasteiger partial charge is 0.0568 e. The highest BCUT2D eigenvalue weighted by molar-refractivity contribution is 5.63. The summed E-state index contributed by atoms with van der Waals surface area (Å²) in [6, 6.07) is 8.59. The summed E-state index contributed by atoms with van der Waals surface area (Å²) >= 11 is 0. The molecule has 0 bridgehead atoms. The molecule has 0 spiro atoms. The van der Waals surface area contributed by atoms with Crippen molar-refractivity contribution in [3.8, 4) is 11.1 Å². The summed E-state index contributed by atoms with van der Waals surface area (Å²) in [7, 11) is 0. The van der Waals surface area contributed by atoms with Crippen molar-refractivity contribution in [3.05, 3.63) is 36.7 Å². The fraction of sp³-hybridized carbons (Fsp3) is 0.471. The maximum absolute atomic E-state index is 5.74. The second kappa shape index (κ2) is 5.70. The van der Waals surface area contributed by atoms with Gasteiger partial charge >= 0.3 is 0 Å². The van der Waals surface area contributed by atoms with Crippen molar-refractivity contribution in [3.63, 3.8) is 0 Å². The van der Waals surface area contributed by atoms with Crippen molar-refractivity contribution in [2.24, 2.45) is 5.92 Å². The van der Waals surface area contributed by atoms with E-state index in [1.165, 1.54) is 43.2 Å². The molecule has 0 radical (unpaired) electrons. The quantitative estimate of drug-likeness (QED) is 0.845. The third kappa shape index (κ3) is 2.72. The summed E-state index contributed by atoms with van der Waals surface area (Å²) in [4.78, 5) is 0. The van der Waals surface area contributed by atoms with Gasteiger partial charge in [0.25, 0.3) is 0 Å². The Bertz CT molecular complexity index is 556. The number of hydrogen-bond donors (Lipinski definition) is 1. The average molecular weight is 269 g/mol. The number of nitrogens with two attached hydrogens (primary N) is 1. The number of hydrogen-bond acceptors (Lipinski definition) is 2. The number of anilines is 1. The first-order chi connectivity index (χ1) is 9.76. The second-order valence-corrected chi connectivity index (χ2v) is 5.93. The molecule has 1 saturated carbocycles. The predicted octanol–water partition coefficient (Wildman–Crippen LogP) is 4.27. The number of rotatable bonds is 3. The zero-order valence-electron chi connectivity index (χ0n) is 12.1. The van der Waals surface area contributed by atoms with Gasteiger partial charge in [-0.2, -0.15) is 5.10 Å². The largest absolute Gasteiger partial charge is 0.399 e. The zero-order valence-corrected chi connectivity index (χ0v) is 12.1. The Balaban J connectivity index is 1.78. The van der Waals surface area contributed by atoms with E-state index in [1.54, 1.807) is 0 Å². The van der Waals surface area contributed by atoms with E-state index in [-0.39, 0.29) is 0 Å².